The molecule has 69 valence electrons. The van der Waals surface area contributed by atoms with E-state index in [4.69, 9.17) is 9.59 Å². The van der Waals surface area contributed by atoms with Crippen LogP contribution in [0.1, 0.15) is 0 Å². The summed E-state index contributed by atoms with van der Waals surface area (Å²) in [5, 5.41) is 0. The van der Waals surface area contributed by atoms with Gasteiger partial charge in [-0.3, -0.25) is 0 Å². The summed E-state index contributed by atoms with van der Waals surface area (Å²) in [5.74, 6) is 0. The first-order valence-electron chi connectivity index (χ1n) is 3.45. The van der Waals surface area contributed by atoms with Crippen LogP contribution in [0.4, 0.5) is 0 Å². The SMILES string of the molecule is C[Si](C)(C)O.C[Si](C)(C)O.[Ta]. The third-order valence-corrected chi connectivity index (χ3v) is 0. The maximum absolute atomic E-state index is 8.66. The van der Waals surface area contributed by atoms with Crippen molar-refractivity contribution in [3.05, 3.63) is 0 Å². The predicted molar refractivity (Wildman–Crippen MR) is 51.1 cm³/mol. The maximum atomic E-state index is 8.66. The first-order valence-corrected chi connectivity index (χ1v) is 10.3. The van der Waals surface area contributed by atoms with E-state index in [2.05, 4.69) is 0 Å². The third kappa shape index (κ3) is 767. The van der Waals surface area contributed by atoms with Crippen molar-refractivity contribution >= 4 is 16.6 Å². The molecule has 0 saturated carbocycles. The molecule has 11 heavy (non-hydrogen) atoms. The van der Waals surface area contributed by atoms with Crippen LogP contribution in [0.2, 0.25) is 39.3 Å². The molecule has 2 N–H and O–H groups in total. The van der Waals surface area contributed by atoms with Gasteiger partial charge in [0, 0.05) is 22.4 Å². The average molecular weight is 361 g/mol. The molecule has 0 unspecified atom stereocenters. The molecule has 0 aromatic rings. The van der Waals surface area contributed by atoms with Gasteiger partial charge in [-0.15, -0.1) is 0 Å². The molecule has 0 heterocycles. The van der Waals surface area contributed by atoms with Gasteiger partial charge in [-0.1, -0.05) is 0 Å². The minimum atomic E-state index is -1.61. The second kappa shape index (κ2) is 6.59. The Balaban J connectivity index is -0.000000107. The van der Waals surface area contributed by atoms with Crippen molar-refractivity contribution < 1.29 is 32.0 Å². The average Bonchev–Trinajstić information content (AvgIpc) is 1.12. The molecule has 2 nitrogen and oxygen atoms in total. The summed E-state index contributed by atoms with van der Waals surface area (Å²) in [7, 11) is -3.22. The van der Waals surface area contributed by atoms with E-state index in [0.717, 1.165) is 0 Å². The summed E-state index contributed by atoms with van der Waals surface area (Å²) in [6.45, 7) is 11.3. The van der Waals surface area contributed by atoms with E-state index in [1.54, 1.807) is 0 Å². The Morgan fingerprint density at radius 1 is 0.636 bits per heavy atom. The molecule has 0 spiro atoms. The Hall–Kier alpha value is 1.09. The Labute approximate surface area is 87.8 Å². The fraction of sp³-hybridized carbons (Fsp3) is 1.00. The van der Waals surface area contributed by atoms with E-state index >= 15 is 0 Å². The van der Waals surface area contributed by atoms with Gasteiger partial charge in [0.15, 0.2) is 16.6 Å². The molecule has 0 aromatic heterocycles. The minimum Gasteiger partial charge on any atom is -0.433 e. The molecular weight excluding hydrogens is 341 g/mol. The van der Waals surface area contributed by atoms with E-state index in [9.17, 15) is 0 Å². The largest absolute Gasteiger partial charge is 0.433 e. The second-order valence-corrected chi connectivity index (χ2v) is 13.0. The van der Waals surface area contributed by atoms with Crippen LogP contribution in [0.3, 0.4) is 0 Å². The zero-order valence-electron chi connectivity index (χ0n) is 8.34. The van der Waals surface area contributed by atoms with Gasteiger partial charge < -0.3 is 9.59 Å². The van der Waals surface area contributed by atoms with Crippen LogP contribution in [-0.2, 0) is 22.4 Å². The topological polar surface area (TPSA) is 40.5 Å². The Morgan fingerprint density at radius 3 is 0.636 bits per heavy atom. The number of hydrogen-bond acceptors (Lipinski definition) is 2. The molecule has 0 aliphatic carbocycles. The van der Waals surface area contributed by atoms with E-state index in [0.29, 0.717) is 0 Å². The van der Waals surface area contributed by atoms with Crippen molar-refractivity contribution in [3.8, 4) is 0 Å². The van der Waals surface area contributed by atoms with Crippen molar-refractivity contribution in [2.45, 2.75) is 39.3 Å². The molecule has 0 amide bonds. The molecule has 0 aliphatic rings. The van der Waals surface area contributed by atoms with Crippen molar-refractivity contribution in [1.82, 2.24) is 0 Å². The molecule has 0 aliphatic heterocycles. The van der Waals surface area contributed by atoms with Crippen LogP contribution in [0, 0.1) is 0 Å². The summed E-state index contributed by atoms with van der Waals surface area (Å²) in [6.07, 6.45) is 0. The van der Waals surface area contributed by atoms with Gasteiger partial charge >= 0.3 is 0 Å². The van der Waals surface area contributed by atoms with Gasteiger partial charge in [0.25, 0.3) is 0 Å². The Bertz CT molecular complexity index is 61.6. The monoisotopic (exact) mass is 361 g/mol. The molecular formula is C6H20O2Si2Ta. The van der Waals surface area contributed by atoms with Crippen LogP contribution < -0.4 is 0 Å². The molecule has 0 fully saturated rings. The molecule has 0 bridgehead atoms. The van der Waals surface area contributed by atoms with Crippen molar-refractivity contribution in [3.63, 3.8) is 0 Å². The molecule has 0 saturated heterocycles. The molecule has 1 radical (unpaired) electrons. The number of hydrogen-bond donors (Lipinski definition) is 2. The van der Waals surface area contributed by atoms with Crippen LogP contribution in [0.15, 0.2) is 0 Å². The number of rotatable bonds is 0. The van der Waals surface area contributed by atoms with Crippen LogP contribution in [0.5, 0.6) is 0 Å². The summed E-state index contributed by atoms with van der Waals surface area (Å²) in [4.78, 5) is 17.3. The fourth-order valence-corrected chi connectivity index (χ4v) is 0. The smallest absolute Gasteiger partial charge is 0.179 e. The molecule has 0 aromatic carbocycles. The van der Waals surface area contributed by atoms with E-state index in [-0.39, 0.29) is 22.4 Å². The summed E-state index contributed by atoms with van der Waals surface area (Å²) >= 11 is 0. The van der Waals surface area contributed by atoms with Gasteiger partial charge in [0.2, 0.25) is 0 Å². The normalized spacial score (nSPS) is 10.9. The van der Waals surface area contributed by atoms with E-state index in [1.165, 1.54) is 0 Å². The van der Waals surface area contributed by atoms with Gasteiger partial charge in [-0.2, -0.15) is 0 Å². The first kappa shape index (κ1) is 18.0. The van der Waals surface area contributed by atoms with E-state index < -0.39 is 16.6 Å². The molecule has 5 heteroatoms. The van der Waals surface area contributed by atoms with E-state index in [1.807, 2.05) is 39.3 Å². The van der Waals surface area contributed by atoms with Crippen LogP contribution in [0.25, 0.3) is 0 Å². The maximum Gasteiger partial charge on any atom is 0.179 e. The summed E-state index contributed by atoms with van der Waals surface area (Å²) in [5.41, 5.74) is 0. The van der Waals surface area contributed by atoms with Gasteiger partial charge in [-0.05, 0) is 39.3 Å². The first-order chi connectivity index (χ1) is 4.00. The molecule has 0 atom stereocenters. The zero-order valence-corrected chi connectivity index (χ0v) is 13.6. The zero-order chi connectivity index (χ0) is 9.00. The van der Waals surface area contributed by atoms with Crippen molar-refractivity contribution in [1.29, 1.82) is 0 Å². The summed E-state index contributed by atoms with van der Waals surface area (Å²) < 4.78 is 0. The fourth-order valence-electron chi connectivity index (χ4n) is 0. The standard InChI is InChI=1S/2C3H10OSi.Ta/c2*1-5(2,3)4;/h2*4H,1-3H3;. The van der Waals surface area contributed by atoms with Gasteiger partial charge in [0.05, 0.1) is 0 Å². The van der Waals surface area contributed by atoms with Gasteiger partial charge in [-0.25, -0.2) is 0 Å². The predicted octanol–water partition coefficient (Wildman–Crippen LogP) is 1.62. The van der Waals surface area contributed by atoms with Crippen molar-refractivity contribution in [2.24, 2.45) is 0 Å². The Kier molecular flexibility index (Phi) is 10.8. The molecule has 0 rings (SSSR count). The summed E-state index contributed by atoms with van der Waals surface area (Å²) in [6, 6.07) is 0. The van der Waals surface area contributed by atoms with Crippen molar-refractivity contribution in [2.75, 3.05) is 0 Å². The quantitative estimate of drug-likeness (QED) is 0.644. The second-order valence-electron chi connectivity index (χ2n) is 4.34. The minimum absolute atomic E-state index is 0. The third-order valence-electron chi connectivity index (χ3n) is 0. The van der Waals surface area contributed by atoms with Crippen LogP contribution >= 0.6 is 0 Å². The van der Waals surface area contributed by atoms with Gasteiger partial charge in [0.1, 0.15) is 0 Å². The Morgan fingerprint density at radius 2 is 0.636 bits per heavy atom. The van der Waals surface area contributed by atoms with Crippen LogP contribution in [-0.4, -0.2) is 26.2 Å².